The average molecular weight is 303 g/mol. The van der Waals surface area contributed by atoms with E-state index >= 15 is 0 Å². The molecule has 0 saturated carbocycles. The summed E-state index contributed by atoms with van der Waals surface area (Å²) in [5, 5.41) is 14.9. The number of hydrogen-bond donors (Lipinski definition) is 2. The van der Waals surface area contributed by atoms with Gasteiger partial charge in [-0.1, -0.05) is 18.2 Å². The van der Waals surface area contributed by atoms with Crippen LogP contribution in [0.2, 0.25) is 0 Å². The molecule has 0 aliphatic carbocycles. The van der Waals surface area contributed by atoms with Crippen molar-refractivity contribution in [1.82, 2.24) is 20.0 Å². The van der Waals surface area contributed by atoms with Crippen molar-refractivity contribution >= 4 is 22.5 Å². The van der Waals surface area contributed by atoms with Gasteiger partial charge < -0.3 is 5.32 Å². The lowest BCUT2D eigenvalue weighted by Crippen LogP contribution is -2.12. The number of nitrogens with one attached hydrogen (secondary N) is 2. The van der Waals surface area contributed by atoms with Crippen LogP contribution in [0.25, 0.3) is 16.6 Å². The van der Waals surface area contributed by atoms with Crippen LogP contribution in [0, 0.1) is 0 Å². The highest BCUT2D eigenvalue weighted by Gasteiger charge is 2.11. The highest BCUT2D eigenvalue weighted by molar-refractivity contribution is 6.11. The second-order valence-corrected chi connectivity index (χ2v) is 5.09. The first kappa shape index (κ1) is 13.3. The highest BCUT2D eigenvalue weighted by atomic mass is 16.1. The molecular formula is C17H13N5O. The second kappa shape index (κ2) is 5.42. The molecule has 23 heavy (non-hydrogen) atoms. The van der Waals surface area contributed by atoms with Gasteiger partial charge in [-0.15, -0.1) is 0 Å². The molecule has 2 aromatic carbocycles. The van der Waals surface area contributed by atoms with Crippen LogP contribution in [-0.2, 0) is 0 Å². The smallest absolute Gasteiger partial charge is 0.257 e. The molecule has 0 aliphatic heterocycles. The van der Waals surface area contributed by atoms with Crippen molar-refractivity contribution in [2.45, 2.75) is 0 Å². The summed E-state index contributed by atoms with van der Waals surface area (Å²) in [7, 11) is 0. The lowest BCUT2D eigenvalue weighted by atomic mass is 10.1. The van der Waals surface area contributed by atoms with Crippen molar-refractivity contribution in [3.63, 3.8) is 0 Å². The third-order valence-corrected chi connectivity index (χ3v) is 3.59. The first-order valence-corrected chi connectivity index (χ1v) is 7.15. The van der Waals surface area contributed by atoms with Gasteiger partial charge >= 0.3 is 0 Å². The van der Waals surface area contributed by atoms with Crippen LogP contribution in [0.15, 0.2) is 67.1 Å². The van der Waals surface area contributed by atoms with Crippen molar-refractivity contribution < 1.29 is 4.79 Å². The van der Waals surface area contributed by atoms with Crippen LogP contribution in [0.1, 0.15) is 10.4 Å². The molecule has 0 spiro atoms. The van der Waals surface area contributed by atoms with E-state index in [2.05, 4.69) is 20.6 Å². The Morgan fingerprint density at radius 3 is 2.91 bits per heavy atom. The Bertz CT molecular complexity index is 972. The Kier molecular flexibility index (Phi) is 3.12. The van der Waals surface area contributed by atoms with E-state index in [1.807, 2.05) is 48.7 Å². The number of benzene rings is 2. The minimum Gasteiger partial charge on any atom is -0.322 e. The number of aromatic nitrogens is 4. The fourth-order valence-electron chi connectivity index (χ4n) is 2.50. The van der Waals surface area contributed by atoms with Crippen molar-refractivity contribution in [1.29, 1.82) is 0 Å². The molecule has 0 bridgehead atoms. The number of carbonyl (C=O) groups is 1. The summed E-state index contributed by atoms with van der Waals surface area (Å²) in [6, 6.07) is 14.9. The zero-order valence-electron chi connectivity index (χ0n) is 12.1. The number of aromatic amines is 1. The largest absolute Gasteiger partial charge is 0.322 e. The van der Waals surface area contributed by atoms with Crippen LogP contribution in [-0.4, -0.2) is 25.9 Å². The van der Waals surface area contributed by atoms with E-state index in [4.69, 9.17) is 0 Å². The number of carbonyl (C=O) groups excluding carboxylic acids is 1. The van der Waals surface area contributed by atoms with Gasteiger partial charge in [0, 0.05) is 23.5 Å². The maximum absolute atomic E-state index is 12.5. The zero-order chi connectivity index (χ0) is 15.6. The number of anilines is 1. The number of fused-ring (bicyclic) bond motifs is 1. The SMILES string of the molecule is O=C(Nc1cccc(-n2cccn2)c1)c1cccc2cn[nH]c12. The maximum Gasteiger partial charge on any atom is 0.257 e. The minimum absolute atomic E-state index is 0.183. The molecule has 0 atom stereocenters. The Morgan fingerprint density at radius 1 is 1.13 bits per heavy atom. The van der Waals surface area contributed by atoms with Crippen LogP contribution in [0.3, 0.4) is 0 Å². The molecule has 0 unspecified atom stereocenters. The second-order valence-electron chi connectivity index (χ2n) is 5.09. The van der Waals surface area contributed by atoms with Gasteiger partial charge in [0.25, 0.3) is 5.91 Å². The van der Waals surface area contributed by atoms with Crippen molar-refractivity contribution in [2.24, 2.45) is 0 Å². The molecule has 2 aromatic heterocycles. The van der Waals surface area contributed by atoms with E-state index in [0.29, 0.717) is 11.3 Å². The highest BCUT2D eigenvalue weighted by Crippen LogP contribution is 2.19. The number of nitrogens with zero attached hydrogens (tertiary/aromatic N) is 3. The Hall–Kier alpha value is -3.41. The van der Waals surface area contributed by atoms with E-state index in [-0.39, 0.29) is 5.91 Å². The van der Waals surface area contributed by atoms with Gasteiger partial charge in [-0.2, -0.15) is 10.2 Å². The third-order valence-electron chi connectivity index (χ3n) is 3.59. The van der Waals surface area contributed by atoms with Crippen molar-refractivity contribution in [3.8, 4) is 5.69 Å². The normalized spacial score (nSPS) is 10.8. The Morgan fingerprint density at radius 2 is 2.04 bits per heavy atom. The Labute approximate surface area is 131 Å². The molecule has 0 fully saturated rings. The number of rotatable bonds is 3. The summed E-state index contributed by atoms with van der Waals surface area (Å²) >= 11 is 0. The standard InChI is InChI=1S/C17H13N5O/c23-17(15-7-1-4-12-11-18-21-16(12)15)20-13-5-2-6-14(10-13)22-9-3-8-19-22/h1-11H,(H,18,21)(H,20,23). The van der Waals surface area contributed by atoms with Crippen LogP contribution >= 0.6 is 0 Å². The summed E-state index contributed by atoms with van der Waals surface area (Å²) in [6.45, 7) is 0. The topological polar surface area (TPSA) is 75.6 Å². The summed E-state index contributed by atoms with van der Waals surface area (Å²) in [5.41, 5.74) is 2.88. The van der Waals surface area contributed by atoms with E-state index < -0.39 is 0 Å². The molecule has 6 heteroatoms. The van der Waals surface area contributed by atoms with Gasteiger partial charge in [-0.25, -0.2) is 4.68 Å². The first-order chi connectivity index (χ1) is 11.3. The van der Waals surface area contributed by atoms with E-state index in [9.17, 15) is 4.79 Å². The zero-order valence-corrected chi connectivity index (χ0v) is 12.1. The first-order valence-electron chi connectivity index (χ1n) is 7.15. The molecule has 2 N–H and O–H groups in total. The average Bonchev–Trinajstić information content (AvgIpc) is 3.26. The molecule has 1 amide bonds. The number of para-hydroxylation sites is 1. The number of H-pyrrole nitrogens is 1. The van der Waals surface area contributed by atoms with Crippen LogP contribution < -0.4 is 5.32 Å². The van der Waals surface area contributed by atoms with Gasteiger partial charge in [0.1, 0.15) is 0 Å². The van der Waals surface area contributed by atoms with E-state index in [1.165, 1.54) is 0 Å². The molecule has 0 saturated heterocycles. The van der Waals surface area contributed by atoms with Gasteiger partial charge in [-0.3, -0.25) is 9.89 Å². The van der Waals surface area contributed by atoms with Crippen molar-refractivity contribution in [2.75, 3.05) is 5.32 Å². The Balaban J connectivity index is 1.64. The fraction of sp³-hybridized carbons (Fsp3) is 0. The summed E-state index contributed by atoms with van der Waals surface area (Å²) in [4.78, 5) is 12.5. The molecular weight excluding hydrogens is 290 g/mol. The van der Waals surface area contributed by atoms with Gasteiger partial charge in [0.2, 0.25) is 0 Å². The van der Waals surface area contributed by atoms with Crippen LogP contribution in [0.5, 0.6) is 0 Å². The molecule has 0 radical (unpaired) electrons. The summed E-state index contributed by atoms with van der Waals surface area (Å²) in [5.74, 6) is -0.183. The van der Waals surface area contributed by atoms with E-state index in [0.717, 1.165) is 16.6 Å². The van der Waals surface area contributed by atoms with Gasteiger partial charge in [0.05, 0.1) is 23.0 Å². The molecule has 4 aromatic rings. The maximum atomic E-state index is 12.5. The third kappa shape index (κ3) is 2.46. The fourth-order valence-corrected chi connectivity index (χ4v) is 2.50. The van der Waals surface area contributed by atoms with Crippen molar-refractivity contribution in [3.05, 3.63) is 72.7 Å². The molecule has 6 nitrogen and oxygen atoms in total. The van der Waals surface area contributed by atoms with Crippen LogP contribution in [0.4, 0.5) is 5.69 Å². The summed E-state index contributed by atoms with van der Waals surface area (Å²) < 4.78 is 1.74. The minimum atomic E-state index is -0.183. The van der Waals surface area contributed by atoms with Gasteiger partial charge in [-0.05, 0) is 30.3 Å². The lowest BCUT2D eigenvalue weighted by Gasteiger charge is -2.08. The molecule has 4 rings (SSSR count). The van der Waals surface area contributed by atoms with Gasteiger partial charge in [0.15, 0.2) is 0 Å². The lowest BCUT2D eigenvalue weighted by molar-refractivity contribution is 0.102. The number of hydrogen-bond acceptors (Lipinski definition) is 3. The van der Waals surface area contributed by atoms with E-state index in [1.54, 1.807) is 23.1 Å². The summed E-state index contributed by atoms with van der Waals surface area (Å²) in [6.07, 6.45) is 5.26. The predicted molar refractivity (Wildman–Crippen MR) is 87.6 cm³/mol. The number of amides is 1. The predicted octanol–water partition coefficient (Wildman–Crippen LogP) is 3.00. The molecule has 0 aliphatic rings. The quantitative estimate of drug-likeness (QED) is 0.611. The molecule has 2 heterocycles. The molecule has 112 valence electrons. The monoisotopic (exact) mass is 303 g/mol.